The molecule has 1 heterocycles. The molecule has 0 saturated carbocycles. The summed E-state index contributed by atoms with van der Waals surface area (Å²) in [5.74, 6) is 1.39. The average molecular weight is 448 g/mol. The SMILES string of the molecule is COc1ccc(C(CC(=O)N2CCN(c3ccccc3OC)CC2)NS(C)(=O)=O)cc1. The van der Waals surface area contributed by atoms with E-state index in [1.54, 1.807) is 43.4 Å². The third-order valence-corrected chi connectivity index (χ3v) is 6.02. The van der Waals surface area contributed by atoms with Crippen molar-refractivity contribution in [1.82, 2.24) is 9.62 Å². The molecule has 0 bridgehead atoms. The highest BCUT2D eigenvalue weighted by atomic mass is 32.2. The van der Waals surface area contributed by atoms with Crippen molar-refractivity contribution in [3.8, 4) is 11.5 Å². The highest BCUT2D eigenvalue weighted by Gasteiger charge is 2.26. The first-order chi connectivity index (χ1) is 14.8. The van der Waals surface area contributed by atoms with Crippen molar-refractivity contribution in [3.63, 3.8) is 0 Å². The van der Waals surface area contributed by atoms with Crippen LogP contribution < -0.4 is 19.1 Å². The molecule has 1 N–H and O–H groups in total. The Hall–Kier alpha value is -2.78. The van der Waals surface area contributed by atoms with Crippen LogP contribution >= 0.6 is 0 Å². The molecular weight excluding hydrogens is 418 g/mol. The maximum absolute atomic E-state index is 13.0. The van der Waals surface area contributed by atoms with Gasteiger partial charge in [-0.25, -0.2) is 13.1 Å². The fourth-order valence-electron chi connectivity index (χ4n) is 3.71. The molecule has 2 aromatic rings. The molecule has 0 radical (unpaired) electrons. The lowest BCUT2D eigenvalue weighted by atomic mass is 10.0. The van der Waals surface area contributed by atoms with Crippen LogP contribution in [-0.4, -0.2) is 65.9 Å². The fourth-order valence-corrected chi connectivity index (χ4v) is 4.45. The summed E-state index contributed by atoms with van der Waals surface area (Å²) in [5.41, 5.74) is 1.72. The molecule has 1 aliphatic heterocycles. The number of para-hydroxylation sites is 2. The lowest BCUT2D eigenvalue weighted by Gasteiger charge is -2.37. The molecule has 3 rings (SSSR count). The van der Waals surface area contributed by atoms with E-state index in [9.17, 15) is 13.2 Å². The van der Waals surface area contributed by atoms with Crippen molar-refractivity contribution in [2.24, 2.45) is 0 Å². The molecule has 1 unspecified atom stereocenters. The Morgan fingerprint density at radius 2 is 1.65 bits per heavy atom. The molecular formula is C22H29N3O5S. The quantitative estimate of drug-likeness (QED) is 0.666. The summed E-state index contributed by atoms with van der Waals surface area (Å²) in [4.78, 5) is 17.0. The number of nitrogens with one attached hydrogen (secondary N) is 1. The van der Waals surface area contributed by atoms with Crippen LogP contribution in [0.25, 0.3) is 0 Å². The number of anilines is 1. The van der Waals surface area contributed by atoms with E-state index < -0.39 is 16.1 Å². The predicted molar refractivity (Wildman–Crippen MR) is 120 cm³/mol. The number of sulfonamides is 1. The maximum atomic E-state index is 13.0. The molecule has 1 aliphatic rings. The van der Waals surface area contributed by atoms with Gasteiger partial charge in [-0.05, 0) is 29.8 Å². The lowest BCUT2D eigenvalue weighted by Crippen LogP contribution is -2.49. The standard InChI is InChI=1S/C22H29N3O5S/c1-29-18-10-8-17(9-11-18)19(23-31(3,27)28)16-22(26)25-14-12-24(13-15-25)20-6-4-5-7-21(20)30-2/h4-11,19,23H,12-16H2,1-3H3. The average Bonchev–Trinajstić information content (AvgIpc) is 2.78. The van der Waals surface area contributed by atoms with E-state index in [2.05, 4.69) is 9.62 Å². The minimum absolute atomic E-state index is 0.0497. The van der Waals surface area contributed by atoms with Crippen LogP contribution in [0.3, 0.4) is 0 Å². The monoisotopic (exact) mass is 447 g/mol. The molecule has 31 heavy (non-hydrogen) atoms. The predicted octanol–water partition coefficient (Wildman–Crippen LogP) is 2.03. The highest BCUT2D eigenvalue weighted by molar-refractivity contribution is 7.88. The van der Waals surface area contributed by atoms with E-state index in [0.717, 1.165) is 17.7 Å². The molecule has 168 valence electrons. The van der Waals surface area contributed by atoms with Crippen LogP contribution in [-0.2, 0) is 14.8 Å². The smallest absolute Gasteiger partial charge is 0.224 e. The number of piperazine rings is 1. The number of nitrogens with zero attached hydrogens (tertiary/aromatic N) is 2. The normalized spacial score (nSPS) is 15.5. The van der Waals surface area contributed by atoms with Gasteiger partial charge in [0.15, 0.2) is 0 Å². The Kier molecular flexibility index (Phi) is 7.40. The second kappa shape index (κ2) is 10.0. The fraction of sp³-hybridized carbons (Fsp3) is 0.409. The van der Waals surface area contributed by atoms with Gasteiger partial charge in [0.2, 0.25) is 15.9 Å². The summed E-state index contributed by atoms with van der Waals surface area (Å²) in [6.45, 7) is 2.48. The number of ether oxygens (including phenoxy) is 2. The van der Waals surface area contributed by atoms with Crippen LogP contribution in [0.4, 0.5) is 5.69 Å². The zero-order valence-corrected chi connectivity index (χ0v) is 18.9. The molecule has 8 nitrogen and oxygen atoms in total. The minimum Gasteiger partial charge on any atom is -0.497 e. The Bertz CT molecular complexity index is 986. The number of carbonyl (C=O) groups excluding carboxylic acids is 1. The number of amides is 1. The first-order valence-electron chi connectivity index (χ1n) is 10.1. The Balaban J connectivity index is 1.66. The molecule has 1 saturated heterocycles. The third-order valence-electron chi connectivity index (χ3n) is 5.31. The van der Waals surface area contributed by atoms with Gasteiger partial charge in [0.25, 0.3) is 0 Å². The van der Waals surface area contributed by atoms with E-state index >= 15 is 0 Å². The number of benzene rings is 2. The minimum atomic E-state index is -3.49. The second-order valence-electron chi connectivity index (χ2n) is 7.46. The topological polar surface area (TPSA) is 88.2 Å². The van der Waals surface area contributed by atoms with Gasteiger partial charge >= 0.3 is 0 Å². The van der Waals surface area contributed by atoms with Gasteiger partial charge in [-0.2, -0.15) is 0 Å². The van der Waals surface area contributed by atoms with Gasteiger partial charge in [-0.15, -0.1) is 0 Å². The van der Waals surface area contributed by atoms with E-state index in [1.165, 1.54) is 0 Å². The number of hydrogen-bond acceptors (Lipinski definition) is 6. The van der Waals surface area contributed by atoms with Crippen LogP contribution in [0.2, 0.25) is 0 Å². The number of rotatable bonds is 8. The molecule has 0 spiro atoms. The van der Waals surface area contributed by atoms with E-state index in [4.69, 9.17) is 9.47 Å². The Morgan fingerprint density at radius 1 is 1.00 bits per heavy atom. The van der Waals surface area contributed by atoms with Crippen molar-refractivity contribution in [2.45, 2.75) is 12.5 Å². The molecule has 0 aliphatic carbocycles. The van der Waals surface area contributed by atoms with Gasteiger partial charge < -0.3 is 19.3 Å². The third kappa shape index (κ3) is 6.11. The number of hydrogen-bond donors (Lipinski definition) is 1. The summed E-state index contributed by atoms with van der Waals surface area (Å²) in [7, 11) is -0.280. The summed E-state index contributed by atoms with van der Waals surface area (Å²) in [5, 5.41) is 0. The molecule has 1 fully saturated rings. The van der Waals surface area contributed by atoms with Crippen molar-refractivity contribution in [1.29, 1.82) is 0 Å². The molecule has 1 atom stereocenters. The van der Waals surface area contributed by atoms with Gasteiger partial charge in [0, 0.05) is 32.6 Å². The van der Waals surface area contributed by atoms with Gasteiger partial charge in [0.1, 0.15) is 11.5 Å². The summed E-state index contributed by atoms with van der Waals surface area (Å²) < 4.78 is 36.9. The summed E-state index contributed by atoms with van der Waals surface area (Å²) >= 11 is 0. The zero-order chi connectivity index (χ0) is 22.4. The lowest BCUT2D eigenvalue weighted by molar-refractivity contribution is -0.132. The molecule has 9 heteroatoms. The van der Waals surface area contributed by atoms with Crippen molar-refractivity contribution in [3.05, 3.63) is 54.1 Å². The number of carbonyl (C=O) groups is 1. The van der Waals surface area contributed by atoms with Crippen molar-refractivity contribution >= 4 is 21.6 Å². The number of methoxy groups -OCH3 is 2. The van der Waals surface area contributed by atoms with E-state index in [0.29, 0.717) is 37.5 Å². The van der Waals surface area contributed by atoms with E-state index in [1.807, 2.05) is 24.3 Å². The maximum Gasteiger partial charge on any atom is 0.224 e. The zero-order valence-electron chi connectivity index (χ0n) is 18.1. The van der Waals surface area contributed by atoms with Gasteiger partial charge in [0.05, 0.1) is 32.2 Å². The van der Waals surface area contributed by atoms with Crippen molar-refractivity contribution < 1.29 is 22.7 Å². The van der Waals surface area contributed by atoms with Crippen LogP contribution in [0.1, 0.15) is 18.0 Å². The summed E-state index contributed by atoms with van der Waals surface area (Å²) in [6.07, 6.45) is 1.15. The highest BCUT2D eigenvalue weighted by Crippen LogP contribution is 2.29. The van der Waals surface area contributed by atoms with E-state index in [-0.39, 0.29) is 12.3 Å². The largest absolute Gasteiger partial charge is 0.497 e. The molecule has 2 aromatic carbocycles. The van der Waals surface area contributed by atoms with Gasteiger partial charge in [-0.3, -0.25) is 4.79 Å². The van der Waals surface area contributed by atoms with Crippen LogP contribution in [0.15, 0.2) is 48.5 Å². The molecule has 1 amide bonds. The molecule has 0 aromatic heterocycles. The second-order valence-corrected chi connectivity index (χ2v) is 9.24. The van der Waals surface area contributed by atoms with Gasteiger partial charge in [-0.1, -0.05) is 24.3 Å². The summed E-state index contributed by atoms with van der Waals surface area (Å²) in [6, 6.07) is 14.2. The Morgan fingerprint density at radius 3 is 2.23 bits per heavy atom. The first-order valence-corrected chi connectivity index (χ1v) is 12.0. The first kappa shape index (κ1) is 22.9. The Labute approximate surface area is 183 Å². The van der Waals surface area contributed by atoms with Crippen molar-refractivity contribution in [2.75, 3.05) is 51.6 Å². The van der Waals surface area contributed by atoms with Crippen LogP contribution in [0, 0.1) is 0 Å². The van der Waals surface area contributed by atoms with Crippen LogP contribution in [0.5, 0.6) is 11.5 Å².